The van der Waals surface area contributed by atoms with E-state index in [2.05, 4.69) is 0 Å². The van der Waals surface area contributed by atoms with Crippen LogP contribution in [0.25, 0.3) is 11.0 Å². The minimum absolute atomic E-state index is 0.189. The second kappa shape index (κ2) is 9.40. The molecule has 3 aromatic rings. The van der Waals surface area contributed by atoms with Crippen LogP contribution in [0.4, 0.5) is 5.95 Å². The van der Waals surface area contributed by atoms with Crippen molar-refractivity contribution in [3.8, 4) is 5.75 Å². The topological polar surface area (TPSA) is 82.9 Å². The molecule has 2 aromatic carbocycles. The van der Waals surface area contributed by atoms with Crippen molar-refractivity contribution in [3.63, 3.8) is 0 Å². The van der Waals surface area contributed by atoms with Crippen LogP contribution < -0.4 is 9.64 Å². The first kappa shape index (κ1) is 21.8. The summed E-state index contributed by atoms with van der Waals surface area (Å²) in [5.41, 5.74) is 2.39. The number of para-hydroxylation sites is 2. The zero-order chi connectivity index (χ0) is 22.7. The average Bonchev–Trinajstić information content (AvgIpc) is 3.18. The van der Waals surface area contributed by atoms with E-state index in [9.17, 15) is 9.59 Å². The van der Waals surface area contributed by atoms with Crippen molar-refractivity contribution >= 4 is 28.9 Å². The second-order valence-corrected chi connectivity index (χ2v) is 7.43. The molecule has 1 aromatic heterocycles. The van der Waals surface area contributed by atoms with Crippen molar-refractivity contribution in [2.75, 3.05) is 38.4 Å². The minimum atomic E-state index is -1.05. The number of imidazole rings is 1. The van der Waals surface area contributed by atoms with E-state index in [-0.39, 0.29) is 19.1 Å². The van der Waals surface area contributed by atoms with E-state index in [0.717, 1.165) is 22.3 Å². The first-order chi connectivity index (χ1) is 15.6. The largest absolute Gasteiger partial charge is 0.494 e. The molecule has 0 saturated carbocycles. The fourth-order valence-corrected chi connectivity index (χ4v) is 4.17. The summed E-state index contributed by atoms with van der Waals surface area (Å²) >= 11 is 0. The van der Waals surface area contributed by atoms with Gasteiger partial charge in [-0.15, -0.1) is 0 Å². The normalized spacial score (nSPS) is 18.0. The number of esters is 1. The highest BCUT2D eigenvalue weighted by Crippen LogP contribution is 2.41. The predicted octanol–water partition coefficient (Wildman–Crippen LogP) is 3.20. The van der Waals surface area contributed by atoms with E-state index in [4.69, 9.17) is 19.2 Å². The van der Waals surface area contributed by atoms with Gasteiger partial charge in [0, 0.05) is 7.11 Å². The lowest BCUT2D eigenvalue weighted by molar-refractivity contribution is -0.153. The first-order valence-electron chi connectivity index (χ1n) is 10.8. The number of hydrogen-bond donors (Lipinski definition) is 0. The molecule has 1 aliphatic rings. The zero-order valence-corrected chi connectivity index (χ0v) is 18.5. The molecular weight excluding hydrogens is 410 g/mol. The van der Waals surface area contributed by atoms with Crippen LogP contribution in [0.15, 0.2) is 48.5 Å². The predicted molar refractivity (Wildman–Crippen MR) is 120 cm³/mol. The fraction of sp³-hybridized carbons (Fsp3) is 0.375. The van der Waals surface area contributed by atoms with E-state index in [1.54, 1.807) is 14.0 Å². The number of carbonyl (C=O) groups is 2. The molecule has 1 amide bonds. The summed E-state index contributed by atoms with van der Waals surface area (Å²) in [6, 6.07) is 14.5. The van der Waals surface area contributed by atoms with E-state index in [1.807, 2.05) is 60.0 Å². The van der Waals surface area contributed by atoms with Crippen molar-refractivity contribution in [2.24, 2.45) is 5.92 Å². The highest BCUT2D eigenvalue weighted by Gasteiger charge is 2.47. The molecule has 0 N–H and O–H groups in total. The molecule has 32 heavy (non-hydrogen) atoms. The lowest BCUT2D eigenvalue weighted by Gasteiger charge is -2.37. The Hall–Kier alpha value is -3.39. The molecule has 2 heterocycles. The van der Waals surface area contributed by atoms with Gasteiger partial charge in [0.05, 0.1) is 43.4 Å². The average molecular weight is 437 g/mol. The monoisotopic (exact) mass is 437 g/mol. The van der Waals surface area contributed by atoms with Crippen molar-refractivity contribution in [1.82, 2.24) is 9.55 Å². The molecule has 8 nitrogen and oxygen atoms in total. The quantitative estimate of drug-likeness (QED) is 0.398. The first-order valence-corrected chi connectivity index (χ1v) is 10.8. The van der Waals surface area contributed by atoms with Crippen LogP contribution in [0, 0.1) is 5.92 Å². The van der Waals surface area contributed by atoms with Crippen molar-refractivity contribution in [2.45, 2.75) is 19.9 Å². The molecular formula is C24H27N3O5. The van der Waals surface area contributed by atoms with Crippen molar-refractivity contribution in [3.05, 3.63) is 54.1 Å². The third-order valence-electron chi connectivity index (χ3n) is 5.54. The Labute approximate surface area is 186 Å². The summed E-state index contributed by atoms with van der Waals surface area (Å²) < 4.78 is 18.1. The zero-order valence-electron chi connectivity index (χ0n) is 18.5. The Morgan fingerprint density at radius 2 is 1.81 bits per heavy atom. The second-order valence-electron chi connectivity index (χ2n) is 7.43. The van der Waals surface area contributed by atoms with Gasteiger partial charge in [-0.25, -0.2) is 4.98 Å². The summed E-state index contributed by atoms with van der Waals surface area (Å²) in [5, 5.41) is 0. The molecule has 0 bridgehead atoms. The van der Waals surface area contributed by atoms with Gasteiger partial charge in [0.1, 0.15) is 5.75 Å². The van der Waals surface area contributed by atoms with E-state index in [1.165, 1.54) is 4.90 Å². The van der Waals surface area contributed by atoms with Crippen molar-refractivity contribution < 1.29 is 23.8 Å². The molecule has 168 valence electrons. The summed E-state index contributed by atoms with van der Waals surface area (Å²) in [6.45, 7) is 5.00. The maximum absolute atomic E-state index is 13.6. The summed E-state index contributed by atoms with van der Waals surface area (Å²) in [4.78, 5) is 33.0. The Bertz CT molecular complexity index is 1110. The van der Waals surface area contributed by atoms with Crippen LogP contribution in [-0.2, 0) is 19.1 Å². The Morgan fingerprint density at radius 1 is 1.06 bits per heavy atom. The third-order valence-corrected chi connectivity index (χ3v) is 5.54. The number of nitrogens with zero attached hydrogens (tertiary/aromatic N) is 3. The van der Waals surface area contributed by atoms with Gasteiger partial charge in [0.15, 0.2) is 5.92 Å². The van der Waals surface area contributed by atoms with E-state index >= 15 is 0 Å². The van der Waals surface area contributed by atoms with E-state index in [0.29, 0.717) is 19.2 Å². The molecule has 1 aliphatic heterocycles. The van der Waals surface area contributed by atoms with Gasteiger partial charge in [-0.3, -0.25) is 14.5 Å². The molecule has 2 atom stereocenters. The van der Waals surface area contributed by atoms with Crippen LogP contribution in [0.5, 0.6) is 5.75 Å². The van der Waals surface area contributed by atoms with Gasteiger partial charge >= 0.3 is 5.97 Å². The highest BCUT2D eigenvalue weighted by molar-refractivity contribution is 6.08. The van der Waals surface area contributed by atoms with Gasteiger partial charge in [-0.05, 0) is 43.7 Å². The van der Waals surface area contributed by atoms with Crippen molar-refractivity contribution in [1.29, 1.82) is 0 Å². The number of methoxy groups -OCH3 is 1. The number of anilines is 1. The molecule has 4 rings (SSSR count). The number of fused-ring (bicyclic) bond motifs is 3. The summed E-state index contributed by atoms with van der Waals surface area (Å²) in [5.74, 6) is -0.726. The maximum atomic E-state index is 13.6. The van der Waals surface area contributed by atoms with Gasteiger partial charge in [0.2, 0.25) is 11.9 Å². The third kappa shape index (κ3) is 3.82. The lowest BCUT2D eigenvalue weighted by Crippen LogP contribution is -2.51. The summed E-state index contributed by atoms with van der Waals surface area (Å²) in [7, 11) is 1.57. The fourth-order valence-electron chi connectivity index (χ4n) is 4.17. The minimum Gasteiger partial charge on any atom is -0.494 e. The standard InChI is InChI=1S/C24H27N3O5/c1-4-31-17-12-10-16(11-13-17)21-20(23(29)32-5-2)22(28)26(14-15-30-3)24-25-18-8-6-7-9-19(18)27(21)24/h6-13,20-21H,4-5,14-15H2,1-3H3/t20-,21-/m1/s1. The van der Waals surface area contributed by atoms with Gasteiger partial charge in [-0.2, -0.15) is 0 Å². The lowest BCUT2D eigenvalue weighted by atomic mass is 9.89. The molecule has 0 spiro atoms. The number of rotatable bonds is 8. The number of benzene rings is 2. The number of hydrogen-bond acceptors (Lipinski definition) is 6. The molecule has 0 unspecified atom stereocenters. The molecule has 0 saturated heterocycles. The SMILES string of the molecule is CCOC(=O)[C@H]1C(=O)N(CCOC)c2nc3ccccc3n2[C@@H]1c1ccc(OCC)cc1. The Kier molecular flexibility index (Phi) is 6.41. The van der Waals surface area contributed by atoms with Crippen LogP contribution in [-0.4, -0.2) is 54.9 Å². The van der Waals surface area contributed by atoms with Gasteiger partial charge in [0.25, 0.3) is 0 Å². The van der Waals surface area contributed by atoms with Gasteiger partial charge in [-0.1, -0.05) is 24.3 Å². The van der Waals surface area contributed by atoms with Crippen LogP contribution in [0.1, 0.15) is 25.5 Å². The molecule has 0 aliphatic carbocycles. The molecule has 0 fully saturated rings. The Balaban J connectivity index is 1.92. The molecule has 8 heteroatoms. The number of ether oxygens (including phenoxy) is 3. The number of amides is 1. The highest BCUT2D eigenvalue weighted by atomic mass is 16.5. The number of aromatic nitrogens is 2. The van der Waals surface area contributed by atoms with Crippen LogP contribution in [0.2, 0.25) is 0 Å². The molecule has 0 radical (unpaired) electrons. The van der Waals surface area contributed by atoms with Crippen LogP contribution >= 0.6 is 0 Å². The maximum Gasteiger partial charge on any atom is 0.321 e. The van der Waals surface area contributed by atoms with Gasteiger partial charge < -0.3 is 18.8 Å². The smallest absolute Gasteiger partial charge is 0.321 e. The summed E-state index contributed by atoms with van der Waals surface area (Å²) in [6.07, 6.45) is 0. The number of carbonyl (C=O) groups excluding carboxylic acids is 2. The Morgan fingerprint density at radius 3 is 2.50 bits per heavy atom. The van der Waals surface area contributed by atoms with Crippen LogP contribution in [0.3, 0.4) is 0 Å². The van der Waals surface area contributed by atoms with E-state index < -0.39 is 17.9 Å².